The molecule has 0 atom stereocenters. The summed E-state index contributed by atoms with van der Waals surface area (Å²) < 4.78 is 0. The minimum atomic E-state index is -0.0468. The summed E-state index contributed by atoms with van der Waals surface area (Å²) in [6.07, 6.45) is 4.44. The fraction of sp³-hybridized carbons (Fsp3) is 0.238. The predicted molar refractivity (Wildman–Crippen MR) is 115 cm³/mol. The molecule has 4 rings (SSSR count). The van der Waals surface area contributed by atoms with Gasteiger partial charge in [-0.3, -0.25) is 9.69 Å². The third-order valence-electron chi connectivity index (χ3n) is 4.73. The molecule has 0 N–H and O–H groups in total. The van der Waals surface area contributed by atoms with Gasteiger partial charge in [0, 0.05) is 25.8 Å². The molecule has 4 nitrogen and oxygen atoms in total. The fourth-order valence-electron chi connectivity index (χ4n) is 3.21. The number of halogens is 1. The Morgan fingerprint density at radius 2 is 1.78 bits per heavy atom. The van der Waals surface area contributed by atoms with Gasteiger partial charge in [0.05, 0.1) is 15.6 Å². The van der Waals surface area contributed by atoms with E-state index in [1.54, 1.807) is 18.0 Å². The first-order valence-electron chi connectivity index (χ1n) is 8.98. The molecule has 0 aliphatic carbocycles. The summed E-state index contributed by atoms with van der Waals surface area (Å²) in [5.41, 5.74) is 2.93. The van der Waals surface area contributed by atoms with E-state index >= 15 is 0 Å². The molecule has 2 heterocycles. The van der Waals surface area contributed by atoms with Gasteiger partial charge in [0.2, 0.25) is 0 Å². The number of aliphatic imine (C=N–C) groups is 1. The van der Waals surface area contributed by atoms with Crippen molar-refractivity contribution in [3.63, 3.8) is 0 Å². The van der Waals surface area contributed by atoms with E-state index in [1.165, 1.54) is 30.3 Å². The SMILES string of the molecule is CN1C(=O)/C(=C\c2ccc(N3CCCC3)cc2)SC1=Nc1ccccc1Cl. The third kappa shape index (κ3) is 3.89. The lowest BCUT2D eigenvalue weighted by Gasteiger charge is -2.17. The zero-order chi connectivity index (χ0) is 18.8. The number of amides is 1. The molecule has 2 aliphatic heterocycles. The molecule has 0 bridgehead atoms. The van der Waals surface area contributed by atoms with E-state index in [-0.39, 0.29) is 5.91 Å². The van der Waals surface area contributed by atoms with Crippen molar-refractivity contribution >= 4 is 51.9 Å². The molecule has 2 aromatic rings. The zero-order valence-corrected chi connectivity index (χ0v) is 16.6. The first-order chi connectivity index (χ1) is 13.1. The lowest BCUT2D eigenvalue weighted by atomic mass is 10.2. The second-order valence-electron chi connectivity index (χ2n) is 6.61. The summed E-state index contributed by atoms with van der Waals surface area (Å²) in [6.45, 7) is 2.25. The van der Waals surface area contributed by atoms with Gasteiger partial charge >= 0.3 is 0 Å². The van der Waals surface area contributed by atoms with Crippen LogP contribution in [0.1, 0.15) is 18.4 Å². The van der Waals surface area contributed by atoms with Gasteiger partial charge in [-0.05, 0) is 60.5 Å². The Kier molecular flexibility index (Phi) is 5.23. The van der Waals surface area contributed by atoms with Crippen molar-refractivity contribution in [2.75, 3.05) is 25.0 Å². The lowest BCUT2D eigenvalue weighted by Crippen LogP contribution is -2.23. The van der Waals surface area contributed by atoms with Crippen molar-refractivity contribution in [2.45, 2.75) is 12.8 Å². The number of carbonyl (C=O) groups excluding carboxylic acids is 1. The van der Waals surface area contributed by atoms with Gasteiger partial charge in [-0.25, -0.2) is 4.99 Å². The summed E-state index contributed by atoms with van der Waals surface area (Å²) >= 11 is 7.56. The number of rotatable bonds is 3. The Balaban J connectivity index is 1.55. The maximum absolute atomic E-state index is 12.6. The normalized spacial score (nSPS) is 20.3. The number of likely N-dealkylation sites (N-methyl/N-ethyl adjacent to an activating group) is 1. The Bertz CT molecular complexity index is 917. The van der Waals surface area contributed by atoms with Crippen LogP contribution in [-0.2, 0) is 4.79 Å². The van der Waals surface area contributed by atoms with E-state index in [4.69, 9.17) is 11.6 Å². The van der Waals surface area contributed by atoms with Crippen molar-refractivity contribution in [3.8, 4) is 0 Å². The molecule has 138 valence electrons. The van der Waals surface area contributed by atoms with E-state index in [0.717, 1.165) is 18.7 Å². The molecule has 0 aromatic heterocycles. The van der Waals surface area contributed by atoms with Crippen LogP contribution in [0, 0.1) is 0 Å². The minimum Gasteiger partial charge on any atom is -0.372 e. The van der Waals surface area contributed by atoms with Crippen molar-refractivity contribution in [1.29, 1.82) is 0 Å². The van der Waals surface area contributed by atoms with E-state index < -0.39 is 0 Å². The second kappa shape index (κ2) is 7.79. The highest BCUT2D eigenvalue weighted by molar-refractivity contribution is 8.18. The number of nitrogens with zero attached hydrogens (tertiary/aromatic N) is 3. The molecular weight excluding hydrogens is 378 g/mol. The Morgan fingerprint density at radius 3 is 2.48 bits per heavy atom. The number of amidine groups is 1. The number of benzene rings is 2. The van der Waals surface area contributed by atoms with Gasteiger partial charge in [0.1, 0.15) is 0 Å². The predicted octanol–water partition coefficient (Wildman–Crippen LogP) is 5.17. The molecular formula is C21H20ClN3OS. The number of thioether (sulfide) groups is 1. The number of hydrogen-bond acceptors (Lipinski definition) is 4. The molecule has 6 heteroatoms. The molecule has 1 amide bonds. The van der Waals surface area contributed by atoms with E-state index in [2.05, 4.69) is 34.2 Å². The monoisotopic (exact) mass is 397 g/mol. The quantitative estimate of drug-likeness (QED) is 0.670. The van der Waals surface area contributed by atoms with Crippen LogP contribution in [0.4, 0.5) is 11.4 Å². The van der Waals surface area contributed by atoms with Crippen LogP contribution in [0.2, 0.25) is 5.02 Å². The van der Waals surface area contributed by atoms with E-state index in [9.17, 15) is 4.79 Å². The number of hydrogen-bond donors (Lipinski definition) is 0. The first kappa shape index (κ1) is 18.1. The van der Waals surface area contributed by atoms with Crippen LogP contribution in [0.3, 0.4) is 0 Å². The molecule has 2 fully saturated rings. The Labute approximate surface area is 168 Å². The fourth-order valence-corrected chi connectivity index (χ4v) is 4.36. The molecule has 2 aliphatic rings. The van der Waals surface area contributed by atoms with Gasteiger partial charge in [-0.15, -0.1) is 0 Å². The summed E-state index contributed by atoms with van der Waals surface area (Å²) in [5.74, 6) is -0.0468. The van der Waals surface area contributed by atoms with Gasteiger partial charge in [0.25, 0.3) is 5.91 Å². The maximum atomic E-state index is 12.6. The highest BCUT2D eigenvalue weighted by atomic mass is 35.5. The minimum absolute atomic E-state index is 0.0468. The average Bonchev–Trinajstić information content (AvgIpc) is 3.30. The van der Waals surface area contributed by atoms with Gasteiger partial charge in [0.15, 0.2) is 5.17 Å². The van der Waals surface area contributed by atoms with Crippen LogP contribution in [0.25, 0.3) is 6.08 Å². The van der Waals surface area contributed by atoms with Crippen molar-refractivity contribution in [1.82, 2.24) is 4.90 Å². The summed E-state index contributed by atoms with van der Waals surface area (Å²) in [5, 5.41) is 1.20. The second-order valence-corrected chi connectivity index (χ2v) is 8.02. The highest BCUT2D eigenvalue weighted by Crippen LogP contribution is 2.35. The van der Waals surface area contributed by atoms with Crippen molar-refractivity contribution < 1.29 is 4.79 Å². The van der Waals surface area contributed by atoms with Crippen LogP contribution in [-0.4, -0.2) is 36.1 Å². The molecule has 2 aromatic carbocycles. The van der Waals surface area contributed by atoms with Gasteiger partial charge < -0.3 is 4.90 Å². The zero-order valence-electron chi connectivity index (χ0n) is 15.1. The van der Waals surface area contributed by atoms with Crippen LogP contribution in [0.15, 0.2) is 58.4 Å². The topological polar surface area (TPSA) is 35.9 Å². The summed E-state index contributed by atoms with van der Waals surface area (Å²) in [6, 6.07) is 15.8. The van der Waals surface area contributed by atoms with Gasteiger partial charge in [-0.1, -0.05) is 35.9 Å². The Hall–Kier alpha value is -2.24. The summed E-state index contributed by atoms with van der Waals surface area (Å²) in [4.78, 5) is 21.8. The largest absolute Gasteiger partial charge is 0.372 e. The number of carbonyl (C=O) groups is 1. The van der Waals surface area contributed by atoms with Gasteiger partial charge in [-0.2, -0.15) is 0 Å². The van der Waals surface area contributed by atoms with E-state index in [0.29, 0.717) is 20.8 Å². The van der Waals surface area contributed by atoms with Crippen LogP contribution in [0.5, 0.6) is 0 Å². The highest BCUT2D eigenvalue weighted by Gasteiger charge is 2.30. The third-order valence-corrected chi connectivity index (χ3v) is 6.11. The standard InChI is InChI=1S/C21H20ClN3OS/c1-24-20(26)19(27-21(24)23-18-7-3-2-6-17(18)22)14-15-8-10-16(11-9-15)25-12-4-5-13-25/h2-3,6-11,14H,4-5,12-13H2,1H3/b19-14+,23-21?. The van der Waals surface area contributed by atoms with Crippen LogP contribution < -0.4 is 4.90 Å². The van der Waals surface area contributed by atoms with Crippen LogP contribution >= 0.6 is 23.4 Å². The Morgan fingerprint density at radius 1 is 1.07 bits per heavy atom. The maximum Gasteiger partial charge on any atom is 0.266 e. The molecule has 27 heavy (non-hydrogen) atoms. The lowest BCUT2D eigenvalue weighted by molar-refractivity contribution is -0.121. The van der Waals surface area contributed by atoms with Crippen molar-refractivity contribution in [2.24, 2.45) is 4.99 Å². The van der Waals surface area contributed by atoms with E-state index in [1.807, 2.05) is 24.3 Å². The molecule has 0 radical (unpaired) electrons. The smallest absolute Gasteiger partial charge is 0.266 e. The molecule has 2 saturated heterocycles. The summed E-state index contributed by atoms with van der Waals surface area (Å²) in [7, 11) is 1.74. The van der Waals surface area contributed by atoms with Crippen molar-refractivity contribution in [3.05, 3.63) is 64.0 Å². The number of anilines is 1. The number of para-hydroxylation sites is 1. The first-order valence-corrected chi connectivity index (χ1v) is 10.2. The molecule has 0 spiro atoms. The molecule has 0 saturated carbocycles. The average molecular weight is 398 g/mol. The molecule has 0 unspecified atom stereocenters.